The average molecular weight is 249 g/mol. The van der Waals surface area contributed by atoms with Gasteiger partial charge in [-0.2, -0.15) is 15.0 Å². The smallest absolute Gasteiger partial charge is 0.227 e. The van der Waals surface area contributed by atoms with Gasteiger partial charge in [-0.1, -0.05) is 0 Å². The Morgan fingerprint density at radius 3 is 2.67 bits per heavy atom. The Labute approximate surface area is 106 Å². The van der Waals surface area contributed by atoms with Crippen molar-refractivity contribution < 1.29 is 4.74 Å². The van der Waals surface area contributed by atoms with E-state index in [2.05, 4.69) is 20.3 Å². The summed E-state index contributed by atoms with van der Waals surface area (Å²) in [6.07, 6.45) is 5.86. The summed E-state index contributed by atoms with van der Waals surface area (Å²) in [5.41, 5.74) is 5.73. The van der Waals surface area contributed by atoms with E-state index >= 15 is 0 Å². The first-order valence-corrected chi connectivity index (χ1v) is 6.55. The fraction of sp³-hybridized carbons (Fsp3) is 0.750. The highest BCUT2D eigenvalue weighted by atomic mass is 16.5. The van der Waals surface area contributed by atoms with Gasteiger partial charge in [-0.15, -0.1) is 0 Å². The largest absolute Gasteiger partial charge is 0.381 e. The van der Waals surface area contributed by atoms with Gasteiger partial charge in [0.2, 0.25) is 11.9 Å². The van der Waals surface area contributed by atoms with Crippen LogP contribution < -0.4 is 11.1 Å². The van der Waals surface area contributed by atoms with E-state index in [0.717, 1.165) is 37.9 Å². The monoisotopic (exact) mass is 249 g/mol. The minimum Gasteiger partial charge on any atom is -0.381 e. The van der Waals surface area contributed by atoms with Gasteiger partial charge in [0.15, 0.2) is 0 Å². The second-order valence-corrected chi connectivity index (χ2v) is 5.16. The summed E-state index contributed by atoms with van der Waals surface area (Å²) in [6.45, 7) is 0. The van der Waals surface area contributed by atoms with E-state index in [-0.39, 0.29) is 0 Å². The third-order valence-electron chi connectivity index (χ3n) is 3.66. The molecule has 1 aromatic heterocycles. The fourth-order valence-corrected chi connectivity index (χ4v) is 2.47. The molecular weight excluding hydrogens is 230 g/mol. The molecule has 6 heteroatoms. The van der Waals surface area contributed by atoms with Crippen molar-refractivity contribution in [3.05, 3.63) is 5.82 Å². The van der Waals surface area contributed by atoms with Crippen LogP contribution in [-0.2, 0) is 4.74 Å². The maximum Gasteiger partial charge on any atom is 0.227 e. The van der Waals surface area contributed by atoms with Crippen LogP contribution in [0.15, 0.2) is 0 Å². The van der Waals surface area contributed by atoms with Crippen molar-refractivity contribution in [2.45, 2.75) is 50.2 Å². The third kappa shape index (κ3) is 2.53. The Bertz CT molecular complexity index is 434. The molecule has 18 heavy (non-hydrogen) atoms. The van der Waals surface area contributed by atoms with Crippen molar-refractivity contribution in [1.29, 1.82) is 0 Å². The van der Waals surface area contributed by atoms with Crippen molar-refractivity contribution in [3.63, 3.8) is 0 Å². The number of hydrogen-bond donors (Lipinski definition) is 2. The Hall–Kier alpha value is -1.43. The van der Waals surface area contributed by atoms with Gasteiger partial charge in [0.05, 0.1) is 6.10 Å². The first kappa shape index (κ1) is 11.6. The molecule has 2 unspecified atom stereocenters. The summed E-state index contributed by atoms with van der Waals surface area (Å²) in [5, 5.41) is 3.35. The van der Waals surface area contributed by atoms with E-state index in [9.17, 15) is 0 Å². The number of nitrogens with two attached hydrogens (primary N) is 1. The quantitative estimate of drug-likeness (QED) is 0.836. The Morgan fingerprint density at radius 2 is 2.00 bits per heavy atom. The lowest BCUT2D eigenvalue weighted by Crippen LogP contribution is -2.20. The summed E-state index contributed by atoms with van der Waals surface area (Å²) in [4.78, 5) is 12.8. The molecule has 2 aliphatic carbocycles. The van der Waals surface area contributed by atoms with Crippen LogP contribution in [0.25, 0.3) is 0 Å². The van der Waals surface area contributed by atoms with Crippen molar-refractivity contribution >= 4 is 11.9 Å². The zero-order valence-electron chi connectivity index (χ0n) is 10.6. The highest BCUT2D eigenvalue weighted by Gasteiger charge is 2.29. The summed E-state index contributed by atoms with van der Waals surface area (Å²) in [5.74, 6) is 2.26. The number of hydrogen-bond acceptors (Lipinski definition) is 6. The molecule has 98 valence electrons. The summed E-state index contributed by atoms with van der Waals surface area (Å²) >= 11 is 0. The molecule has 0 spiro atoms. The zero-order chi connectivity index (χ0) is 12.5. The minimum absolute atomic E-state index is 0.315. The molecule has 0 radical (unpaired) electrons. The number of ether oxygens (including phenoxy) is 1. The summed E-state index contributed by atoms with van der Waals surface area (Å²) in [6, 6.07) is 0.379. The second kappa shape index (κ2) is 4.68. The molecule has 0 aromatic carbocycles. The normalized spacial score (nSPS) is 27.4. The van der Waals surface area contributed by atoms with Gasteiger partial charge in [-0.05, 0) is 32.1 Å². The van der Waals surface area contributed by atoms with E-state index < -0.39 is 0 Å². The van der Waals surface area contributed by atoms with E-state index in [4.69, 9.17) is 10.5 Å². The standard InChI is InChI=1S/C12H19N5O/c1-18-9-5-4-8(6-9)14-12-16-10(7-2-3-7)15-11(13)17-12/h7-9H,2-6H2,1H3,(H3,13,14,15,16,17). The lowest BCUT2D eigenvalue weighted by atomic mass is 10.2. The lowest BCUT2D eigenvalue weighted by Gasteiger charge is -2.13. The van der Waals surface area contributed by atoms with Gasteiger partial charge < -0.3 is 15.8 Å². The van der Waals surface area contributed by atoms with Crippen LogP contribution in [0.4, 0.5) is 11.9 Å². The number of nitrogen functional groups attached to an aromatic ring is 1. The molecule has 6 nitrogen and oxygen atoms in total. The minimum atomic E-state index is 0.315. The van der Waals surface area contributed by atoms with E-state index in [1.807, 2.05) is 0 Å². The summed E-state index contributed by atoms with van der Waals surface area (Å²) < 4.78 is 5.36. The van der Waals surface area contributed by atoms with Gasteiger partial charge >= 0.3 is 0 Å². The Balaban J connectivity index is 1.68. The Kier molecular flexibility index (Phi) is 3.03. The molecule has 2 aliphatic rings. The number of aromatic nitrogens is 3. The predicted molar refractivity (Wildman–Crippen MR) is 68.3 cm³/mol. The number of nitrogens with zero attached hydrogens (tertiary/aromatic N) is 3. The van der Waals surface area contributed by atoms with Crippen LogP contribution >= 0.6 is 0 Å². The lowest BCUT2D eigenvalue weighted by molar-refractivity contribution is 0.108. The second-order valence-electron chi connectivity index (χ2n) is 5.16. The van der Waals surface area contributed by atoms with Gasteiger partial charge in [0.25, 0.3) is 0 Å². The van der Waals surface area contributed by atoms with Crippen LogP contribution in [0.1, 0.15) is 43.8 Å². The molecule has 0 aliphatic heterocycles. The predicted octanol–water partition coefficient (Wildman–Crippen LogP) is 1.31. The van der Waals surface area contributed by atoms with E-state index in [0.29, 0.717) is 30.0 Å². The van der Waals surface area contributed by atoms with Gasteiger partial charge in [-0.25, -0.2) is 0 Å². The Morgan fingerprint density at radius 1 is 1.17 bits per heavy atom. The molecular formula is C12H19N5O. The topological polar surface area (TPSA) is 86.0 Å². The van der Waals surface area contributed by atoms with Gasteiger partial charge in [-0.3, -0.25) is 0 Å². The highest BCUT2D eigenvalue weighted by molar-refractivity contribution is 5.33. The van der Waals surface area contributed by atoms with E-state index in [1.165, 1.54) is 0 Å². The zero-order valence-corrected chi connectivity index (χ0v) is 10.6. The number of rotatable bonds is 4. The average Bonchev–Trinajstić information content (AvgIpc) is 3.10. The molecule has 2 fully saturated rings. The van der Waals surface area contributed by atoms with Crippen LogP contribution in [0, 0.1) is 0 Å². The maximum atomic E-state index is 5.73. The molecule has 0 bridgehead atoms. The third-order valence-corrected chi connectivity index (χ3v) is 3.66. The molecule has 3 N–H and O–H groups in total. The first-order chi connectivity index (χ1) is 8.74. The molecule has 1 aromatic rings. The van der Waals surface area contributed by atoms with Crippen molar-refractivity contribution in [2.75, 3.05) is 18.2 Å². The number of anilines is 2. The SMILES string of the molecule is COC1CCC(Nc2nc(N)nc(C3CC3)n2)C1. The van der Waals surface area contributed by atoms with Crippen LogP contribution in [0.5, 0.6) is 0 Å². The first-order valence-electron chi connectivity index (χ1n) is 6.55. The van der Waals surface area contributed by atoms with Gasteiger partial charge in [0, 0.05) is 19.1 Å². The molecule has 2 saturated carbocycles. The molecule has 0 amide bonds. The van der Waals surface area contributed by atoms with Crippen LogP contribution in [-0.4, -0.2) is 34.2 Å². The van der Waals surface area contributed by atoms with E-state index in [1.54, 1.807) is 7.11 Å². The fourth-order valence-electron chi connectivity index (χ4n) is 2.47. The highest BCUT2D eigenvalue weighted by Crippen LogP contribution is 2.38. The van der Waals surface area contributed by atoms with Crippen LogP contribution in [0.3, 0.4) is 0 Å². The molecule has 0 saturated heterocycles. The van der Waals surface area contributed by atoms with Crippen LogP contribution in [0.2, 0.25) is 0 Å². The summed E-state index contributed by atoms with van der Waals surface area (Å²) in [7, 11) is 1.76. The van der Waals surface area contributed by atoms with Crippen molar-refractivity contribution in [3.8, 4) is 0 Å². The number of nitrogens with one attached hydrogen (secondary N) is 1. The molecule has 1 heterocycles. The maximum absolute atomic E-state index is 5.73. The van der Waals surface area contributed by atoms with Crippen molar-refractivity contribution in [2.24, 2.45) is 0 Å². The molecule has 3 rings (SSSR count). The number of methoxy groups -OCH3 is 1. The van der Waals surface area contributed by atoms with Gasteiger partial charge in [0.1, 0.15) is 5.82 Å². The molecule has 2 atom stereocenters. The van der Waals surface area contributed by atoms with Crippen molar-refractivity contribution in [1.82, 2.24) is 15.0 Å².